The summed E-state index contributed by atoms with van der Waals surface area (Å²) in [5.41, 5.74) is 1.00. The minimum absolute atomic E-state index is 0.259. The van der Waals surface area contributed by atoms with Gasteiger partial charge in [-0.1, -0.05) is 29.9 Å². The van der Waals surface area contributed by atoms with Crippen LogP contribution in [-0.2, 0) is 6.42 Å². The van der Waals surface area contributed by atoms with Crippen molar-refractivity contribution in [3.8, 4) is 10.8 Å². The Kier molecular flexibility index (Phi) is 3.89. The predicted molar refractivity (Wildman–Crippen MR) is 72.2 cm³/mol. The highest BCUT2D eigenvalue weighted by Gasteiger charge is 2.09. The van der Waals surface area contributed by atoms with E-state index in [4.69, 9.17) is 21.4 Å². The molecule has 2 rings (SSSR count). The van der Waals surface area contributed by atoms with Gasteiger partial charge < -0.3 is 9.84 Å². The van der Waals surface area contributed by atoms with Gasteiger partial charge in [-0.2, -0.15) is 0 Å². The number of aryl methyl sites for hydroxylation is 1. The summed E-state index contributed by atoms with van der Waals surface area (Å²) >= 11 is 7.11. The molecule has 0 fully saturated rings. The molecule has 0 unspecified atom stereocenters. The van der Waals surface area contributed by atoms with Gasteiger partial charge in [-0.25, -0.2) is 4.79 Å². The molecule has 0 saturated heterocycles. The molecule has 0 spiro atoms. The quantitative estimate of drug-likeness (QED) is 0.901. The lowest BCUT2D eigenvalue weighted by atomic mass is 10.1. The third-order valence-corrected chi connectivity index (χ3v) is 3.73. The molecule has 0 aliphatic rings. The van der Waals surface area contributed by atoms with Crippen molar-refractivity contribution in [3.05, 3.63) is 45.8 Å². The van der Waals surface area contributed by atoms with Gasteiger partial charge in [-0.3, -0.25) is 0 Å². The molecule has 0 radical (unpaired) electrons. The number of benzene rings is 1. The summed E-state index contributed by atoms with van der Waals surface area (Å²) in [7, 11) is 0. The van der Waals surface area contributed by atoms with Crippen molar-refractivity contribution in [2.24, 2.45) is 0 Å². The van der Waals surface area contributed by atoms with Crippen LogP contribution in [0.4, 0.5) is 0 Å². The maximum atomic E-state index is 10.7. The van der Waals surface area contributed by atoms with E-state index in [2.05, 4.69) is 0 Å². The Morgan fingerprint density at radius 2 is 2.17 bits per heavy atom. The molecule has 1 heterocycles. The molecule has 18 heavy (non-hydrogen) atoms. The first kappa shape index (κ1) is 12.9. The second-order valence-corrected chi connectivity index (χ2v) is 5.09. The Morgan fingerprint density at radius 1 is 1.39 bits per heavy atom. The Hall–Kier alpha value is -1.52. The fourth-order valence-corrected chi connectivity index (χ4v) is 2.46. The number of carboxylic acids is 1. The van der Waals surface area contributed by atoms with E-state index < -0.39 is 5.97 Å². The number of rotatable bonds is 4. The van der Waals surface area contributed by atoms with Crippen LogP contribution in [0, 0.1) is 0 Å². The summed E-state index contributed by atoms with van der Waals surface area (Å²) < 4.78 is 5.60. The number of carboxylic acid groups (broad SMARTS) is 1. The Bertz CT molecular complexity index is 577. The lowest BCUT2D eigenvalue weighted by Crippen LogP contribution is -1.89. The van der Waals surface area contributed by atoms with E-state index in [-0.39, 0.29) is 4.88 Å². The van der Waals surface area contributed by atoms with Crippen molar-refractivity contribution < 1.29 is 14.6 Å². The largest absolute Gasteiger partial charge is 0.477 e. The lowest BCUT2D eigenvalue weighted by molar-refractivity contribution is 0.0702. The van der Waals surface area contributed by atoms with Gasteiger partial charge in [0.2, 0.25) is 0 Å². The number of carbonyl (C=O) groups is 1. The first-order valence-corrected chi connectivity index (χ1v) is 6.59. The summed E-state index contributed by atoms with van der Waals surface area (Å²) in [4.78, 5) is 11.0. The molecule has 1 N–H and O–H groups in total. The molecule has 0 saturated carbocycles. The third-order valence-electron chi connectivity index (χ3n) is 2.41. The fourth-order valence-electron chi connectivity index (χ4n) is 1.49. The van der Waals surface area contributed by atoms with Crippen molar-refractivity contribution >= 4 is 28.9 Å². The van der Waals surface area contributed by atoms with Crippen molar-refractivity contribution in [1.82, 2.24) is 0 Å². The summed E-state index contributed by atoms with van der Waals surface area (Å²) in [6.45, 7) is 2.01. The fraction of sp³-hybridized carbons (Fsp3) is 0.154. The summed E-state index contributed by atoms with van der Waals surface area (Å²) in [6, 6.07) is 8.58. The minimum atomic E-state index is -0.944. The molecule has 0 aliphatic heterocycles. The van der Waals surface area contributed by atoms with Crippen LogP contribution in [0.15, 0.2) is 30.3 Å². The zero-order chi connectivity index (χ0) is 13.1. The number of aromatic carboxylic acids is 1. The number of halogens is 1. The molecular weight excluding hydrogens is 272 g/mol. The highest BCUT2D eigenvalue weighted by Crippen LogP contribution is 2.31. The van der Waals surface area contributed by atoms with Crippen LogP contribution >= 0.6 is 22.9 Å². The number of ether oxygens (including phenoxy) is 1. The van der Waals surface area contributed by atoms with E-state index in [9.17, 15) is 4.79 Å². The van der Waals surface area contributed by atoms with Gasteiger partial charge in [0.15, 0.2) is 5.06 Å². The molecule has 94 valence electrons. The van der Waals surface area contributed by atoms with Crippen LogP contribution in [0.1, 0.15) is 22.2 Å². The van der Waals surface area contributed by atoms with E-state index in [1.165, 1.54) is 6.07 Å². The van der Waals surface area contributed by atoms with Gasteiger partial charge in [0, 0.05) is 5.02 Å². The molecule has 1 aromatic heterocycles. The van der Waals surface area contributed by atoms with Crippen LogP contribution in [0.25, 0.3) is 0 Å². The smallest absolute Gasteiger partial charge is 0.345 e. The second kappa shape index (κ2) is 5.42. The monoisotopic (exact) mass is 282 g/mol. The van der Waals surface area contributed by atoms with Gasteiger partial charge in [0.1, 0.15) is 10.6 Å². The maximum Gasteiger partial charge on any atom is 0.345 e. The average molecular weight is 283 g/mol. The Morgan fingerprint density at radius 3 is 2.78 bits per heavy atom. The first-order valence-electron chi connectivity index (χ1n) is 5.39. The van der Waals surface area contributed by atoms with E-state index in [1.807, 2.05) is 13.0 Å². The van der Waals surface area contributed by atoms with E-state index in [1.54, 1.807) is 18.2 Å². The van der Waals surface area contributed by atoms with Crippen molar-refractivity contribution in [3.63, 3.8) is 0 Å². The molecule has 3 nitrogen and oxygen atoms in total. The van der Waals surface area contributed by atoms with E-state index >= 15 is 0 Å². The van der Waals surface area contributed by atoms with Crippen LogP contribution in [-0.4, -0.2) is 11.1 Å². The van der Waals surface area contributed by atoms with E-state index in [0.717, 1.165) is 23.3 Å². The van der Waals surface area contributed by atoms with Crippen molar-refractivity contribution in [1.29, 1.82) is 0 Å². The zero-order valence-electron chi connectivity index (χ0n) is 9.64. The Balaban J connectivity index is 2.20. The zero-order valence-corrected chi connectivity index (χ0v) is 11.2. The molecular formula is C13H11ClO3S. The molecule has 2 aromatic rings. The SMILES string of the molecule is CCc1cc(Oc2ccc(C(=O)O)s2)ccc1Cl. The highest BCUT2D eigenvalue weighted by atomic mass is 35.5. The van der Waals surface area contributed by atoms with Gasteiger partial charge >= 0.3 is 5.97 Å². The molecule has 0 bridgehead atoms. The van der Waals surface area contributed by atoms with Gasteiger partial charge in [-0.05, 0) is 42.3 Å². The third kappa shape index (κ3) is 2.83. The van der Waals surface area contributed by atoms with Gasteiger partial charge in [0.05, 0.1) is 0 Å². The van der Waals surface area contributed by atoms with Gasteiger partial charge in [0.25, 0.3) is 0 Å². The van der Waals surface area contributed by atoms with Gasteiger partial charge in [-0.15, -0.1) is 0 Å². The molecule has 0 atom stereocenters. The standard InChI is InChI=1S/C13H11ClO3S/c1-2-8-7-9(3-4-10(8)14)17-12-6-5-11(18-12)13(15)16/h3-7H,2H2,1H3,(H,15,16). The second-order valence-electron chi connectivity index (χ2n) is 3.63. The van der Waals surface area contributed by atoms with Crippen LogP contribution in [0.5, 0.6) is 10.8 Å². The van der Waals surface area contributed by atoms with Crippen LogP contribution < -0.4 is 4.74 Å². The van der Waals surface area contributed by atoms with Crippen LogP contribution in [0.3, 0.4) is 0 Å². The summed E-state index contributed by atoms with van der Waals surface area (Å²) in [6.07, 6.45) is 0.820. The van der Waals surface area contributed by atoms with Crippen molar-refractivity contribution in [2.75, 3.05) is 0 Å². The molecule has 1 aromatic carbocycles. The number of hydrogen-bond acceptors (Lipinski definition) is 3. The van der Waals surface area contributed by atoms with E-state index in [0.29, 0.717) is 15.8 Å². The molecule has 0 amide bonds. The minimum Gasteiger partial charge on any atom is -0.477 e. The molecule has 0 aliphatic carbocycles. The van der Waals surface area contributed by atoms with Crippen molar-refractivity contribution in [2.45, 2.75) is 13.3 Å². The first-order chi connectivity index (χ1) is 8.60. The maximum absolute atomic E-state index is 10.7. The molecule has 5 heteroatoms. The summed E-state index contributed by atoms with van der Waals surface area (Å²) in [5, 5.41) is 10.1. The highest BCUT2D eigenvalue weighted by molar-refractivity contribution is 7.15. The van der Waals surface area contributed by atoms with Crippen LogP contribution in [0.2, 0.25) is 5.02 Å². The normalized spacial score (nSPS) is 10.3. The topological polar surface area (TPSA) is 46.5 Å². The number of thiophene rings is 1. The number of hydrogen-bond donors (Lipinski definition) is 1. The Labute approximate surface area is 114 Å². The summed E-state index contributed by atoms with van der Waals surface area (Å²) in [5.74, 6) is -0.282. The lowest BCUT2D eigenvalue weighted by Gasteiger charge is -2.06. The average Bonchev–Trinajstić information content (AvgIpc) is 2.80. The predicted octanol–water partition coefficient (Wildman–Crippen LogP) is 4.45.